The number of hydrogen-bond donors (Lipinski definition) is 3. The molecule has 238 valence electrons. The fourth-order valence-electron chi connectivity index (χ4n) is 5.12. The van der Waals surface area contributed by atoms with Crippen LogP contribution in [0.4, 0.5) is 31.8 Å². The van der Waals surface area contributed by atoms with Gasteiger partial charge in [-0.05, 0) is 82.3 Å². The van der Waals surface area contributed by atoms with E-state index in [1.54, 1.807) is 33.8 Å². The molecule has 0 saturated carbocycles. The van der Waals surface area contributed by atoms with Crippen molar-refractivity contribution in [3.8, 4) is 0 Å². The Morgan fingerprint density at radius 2 is 1.65 bits per heavy atom. The lowest BCUT2D eigenvalue weighted by atomic mass is 9.88. The summed E-state index contributed by atoms with van der Waals surface area (Å²) in [5.41, 5.74) is 6.76. The number of aromatic nitrogens is 1. The van der Waals surface area contributed by atoms with E-state index in [0.29, 0.717) is 38.1 Å². The molecular weight excluding hydrogens is 594 g/mol. The number of pyridine rings is 1. The fourth-order valence-corrected chi connectivity index (χ4v) is 5.72. The average molecular weight is 632 g/mol. The van der Waals surface area contributed by atoms with Gasteiger partial charge in [0.15, 0.2) is 22.6 Å². The second-order valence-electron chi connectivity index (χ2n) is 11.8. The molecule has 0 unspecified atom stereocenters. The second-order valence-corrected chi connectivity index (χ2v) is 13.8. The van der Waals surface area contributed by atoms with Crippen LogP contribution in [0, 0.1) is 0 Å². The minimum atomic E-state index is -7.89. The predicted octanol–water partition coefficient (Wildman–Crippen LogP) is 5.62. The first kappa shape index (κ1) is 32.3. The van der Waals surface area contributed by atoms with Crippen LogP contribution in [0.3, 0.4) is 0 Å². The summed E-state index contributed by atoms with van der Waals surface area (Å²) < 4.78 is 63.2. The number of amides is 3. The molecule has 2 fully saturated rings. The zero-order valence-electron chi connectivity index (χ0n) is 24.4. The Labute approximate surface area is 248 Å². The number of piperidine rings is 1. The van der Waals surface area contributed by atoms with Crippen molar-refractivity contribution in [2.45, 2.75) is 69.2 Å². The van der Waals surface area contributed by atoms with Gasteiger partial charge < -0.3 is 30.3 Å². The highest BCUT2D eigenvalue weighted by molar-refractivity contribution is 8.33. The lowest BCUT2D eigenvalue weighted by Crippen LogP contribution is -2.54. The molecule has 43 heavy (non-hydrogen) atoms. The van der Waals surface area contributed by atoms with Gasteiger partial charge in [0.1, 0.15) is 5.60 Å². The maximum absolute atomic E-state index is 13.1. The molecule has 3 amide bonds. The maximum atomic E-state index is 13.1. The van der Waals surface area contributed by atoms with Crippen molar-refractivity contribution in [2.24, 2.45) is 0 Å². The molecule has 1 aromatic heterocycles. The number of rotatable bonds is 5. The van der Waals surface area contributed by atoms with E-state index < -0.39 is 51.3 Å². The van der Waals surface area contributed by atoms with Crippen molar-refractivity contribution in [1.82, 2.24) is 14.8 Å². The van der Waals surface area contributed by atoms with E-state index in [2.05, 4.69) is 10.3 Å². The monoisotopic (exact) mass is 631 g/mol. The zero-order chi connectivity index (χ0) is 31.8. The summed E-state index contributed by atoms with van der Waals surface area (Å²) in [7, 11) is -7.89. The van der Waals surface area contributed by atoms with Gasteiger partial charge in [0.2, 0.25) is 0 Å². The third-order valence-corrected chi connectivity index (χ3v) is 8.28. The molecule has 2 atom stereocenters. The number of nitrogens with zero attached hydrogens (tertiary/aromatic N) is 3. The van der Waals surface area contributed by atoms with E-state index in [1.165, 1.54) is 16.0 Å². The van der Waals surface area contributed by atoms with Crippen molar-refractivity contribution in [3.05, 3.63) is 47.7 Å². The zero-order valence-corrected chi connectivity index (χ0v) is 25.3. The van der Waals surface area contributed by atoms with E-state index in [4.69, 9.17) is 15.2 Å². The van der Waals surface area contributed by atoms with Crippen molar-refractivity contribution in [1.29, 1.82) is 0 Å². The molecule has 2 saturated heterocycles. The smallest absolute Gasteiger partial charge is 0.410 e. The van der Waals surface area contributed by atoms with Gasteiger partial charge in [0, 0.05) is 24.8 Å². The molecular formula is C28H37F4N5O5S. The number of ether oxygens (including phenoxy) is 2. The number of carbonyl (C=O) groups excluding carboxylic acids is 3. The third kappa shape index (κ3) is 8.07. The minimum absolute atomic E-state index is 0.00794. The molecule has 4 rings (SSSR count). The molecule has 0 spiro atoms. The number of halogens is 4. The number of nitrogen functional groups attached to an aromatic ring is 1. The van der Waals surface area contributed by atoms with Crippen molar-refractivity contribution < 1.29 is 39.4 Å². The summed E-state index contributed by atoms with van der Waals surface area (Å²) in [6.07, 6.45) is 0.613. The van der Waals surface area contributed by atoms with Crippen LogP contribution in [-0.4, -0.2) is 76.7 Å². The number of thiol groups is 1. The SMILES string of the molecule is C[C@@H]1CN(C(=O)OC(C)(C)C)C[C@H](C(=O)Nc2nccc(C3CCN(C(=O)c4ccc([SH](F)(F)(F)F)cc4)CC3)c2N)O1. The van der Waals surface area contributed by atoms with Crippen LogP contribution in [0.5, 0.6) is 0 Å². The number of hydrogen-bond acceptors (Lipinski definition) is 7. The molecule has 2 aromatic rings. The minimum Gasteiger partial charge on any atom is -0.444 e. The second kappa shape index (κ2) is 11.8. The Bertz CT molecular complexity index is 1370. The van der Waals surface area contributed by atoms with Crippen LogP contribution in [0.2, 0.25) is 0 Å². The maximum Gasteiger partial charge on any atom is 0.410 e. The number of morpholine rings is 1. The average Bonchev–Trinajstić information content (AvgIpc) is 2.92. The Hall–Kier alpha value is -3.59. The van der Waals surface area contributed by atoms with Gasteiger partial charge in [0.25, 0.3) is 11.8 Å². The van der Waals surface area contributed by atoms with E-state index in [-0.39, 0.29) is 36.1 Å². The van der Waals surface area contributed by atoms with Crippen LogP contribution in [0.15, 0.2) is 41.4 Å². The van der Waals surface area contributed by atoms with Gasteiger partial charge in [-0.3, -0.25) is 9.59 Å². The van der Waals surface area contributed by atoms with Crippen LogP contribution in [0.1, 0.15) is 62.4 Å². The van der Waals surface area contributed by atoms with Crippen molar-refractivity contribution in [2.75, 3.05) is 37.2 Å². The third-order valence-electron chi connectivity index (χ3n) is 7.20. The number of anilines is 2. The molecule has 0 bridgehead atoms. The largest absolute Gasteiger partial charge is 0.444 e. The molecule has 0 radical (unpaired) electrons. The Kier molecular flexibility index (Phi) is 8.89. The molecule has 0 aliphatic carbocycles. The van der Waals surface area contributed by atoms with Crippen LogP contribution in [-0.2, 0) is 14.3 Å². The van der Waals surface area contributed by atoms with Crippen LogP contribution < -0.4 is 11.1 Å². The first-order chi connectivity index (χ1) is 19.9. The van der Waals surface area contributed by atoms with Gasteiger partial charge in [-0.2, -0.15) is 0 Å². The highest BCUT2D eigenvalue weighted by Crippen LogP contribution is 2.81. The first-order valence-corrected chi connectivity index (χ1v) is 15.7. The fraction of sp³-hybridized carbons (Fsp3) is 0.500. The molecule has 1 aromatic carbocycles. The van der Waals surface area contributed by atoms with E-state index >= 15 is 0 Å². The van der Waals surface area contributed by atoms with Gasteiger partial charge in [0.05, 0.1) is 29.8 Å². The van der Waals surface area contributed by atoms with Gasteiger partial charge in [-0.1, -0.05) is 0 Å². The molecule has 2 aliphatic heterocycles. The van der Waals surface area contributed by atoms with Crippen LogP contribution in [0.25, 0.3) is 0 Å². The Morgan fingerprint density at radius 1 is 1.02 bits per heavy atom. The quantitative estimate of drug-likeness (QED) is 0.289. The summed E-state index contributed by atoms with van der Waals surface area (Å²) in [6, 6.07) is 4.91. The molecule has 3 N–H and O–H groups in total. The van der Waals surface area contributed by atoms with E-state index in [1.807, 2.05) is 0 Å². The number of benzene rings is 1. The summed E-state index contributed by atoms with van der Waals surface area (Å²) in [4.78, 5) is 44.4. The highest BCUT2D eigenvalue weighted by Gasteiger charge is 2.39. The molecule has 15 heteroatoms. The number of nitrogens with two attached hydrogens (primary N) is 1. The normalized spacial score (nSPS) is 21.1. The summed E-state index contributed by atoms with van der Waals surface area (Å²) in [5.74, 6) is -0.889. The Balaban J connectivity index is 1.37. The Morgan fingerprint density at radius 3 is 2.23 bits per heavy atom. The van der Waals surface area contributed by atoms with Crippen molar-refractivity contribution >= 4 is 40.1 Å². The number of likely N-dealkylation sites (tertiary alicyclic amines) is 1. The van der Waals surface area contributed by atoms with Gasteiger partial charge in [-0.15, -0.1) is 15.5 Å². The van der Waals surface area contributed by atoms with Gasteiger partial charge in [-0.25, -0.2) is 9.78 Å². The molecule has 3 heterocycles. The van der Waals surface area contributed by atoms with Gasteiger partial charge >= 0.3 is 6.09 Å². The first-order valence-electron chi connectivity index (χ1n) is 13.9. The van der Waals surface area contributed by atoms with Crippen LogP contribution >= 0.6 is 10.7 Å². The lowest BCUT2D eigenvalue weighted by Gasteiger charge is -2.36. The topological polar surface area (TPSA) is 127 Å². The summed E-state index contributed by atoms with van der Waals surface area (Å²) in [5, 5.41) is 2.71. The van der Waals surface area contributed by atoms with Crippen molar-refractivity contribution in [3.63, 3.8) is 0 Å². The van der Waals surface area contributed by atoms with E-state index in [9.17, 15) is 29.9 Å². The number of carbonyl (C=O) groups is 3. The summed E-state index contributed by atoms with van der Waals surface area (Å²) >= 11 is 0. The van der Waals surface area contributed by atoms with E-state index in [0.717, 1.165) is 17.7 Å². The molecule has 10 nitrogen and oxygen atoms in total. The number of nitrogens with one attached hydrogen (secondary N) is 1. The lowest BCUT2D eigenvalue weighted by molar-refractivity contribution is -0.139. The summed E-state index contributed by atoms with van der Waals surface area (Å²) in [6.45, 7) is 7.92. The highest BCUT2D eigenvalue weighted by atomic mass is 32.4. The predicted molar refractivity (Wildman–Crippen MR) is 155 cm³/mol. The standard InChI is InChI=1S/C28H37F4N5O5S/c1-17-15-37(27(40)42-28(2,3)4)16-22(41-17)25(38)35-24-23(33)21(9-12-34-24)18-10-13-36(14-11-18)26(39)19-5-7-20(8-6-19)43(29,30,31)32/h5-9,12,17-18,22,43H,10-11,13-16,33H2,1-4H3,(H,34,35,38)/t17-,22-/m1/s1. The molecule has 2 aliphatic rings.